The van der Waals surface area contributed by atoms with Crippen LogP contribution in [0.3, 0.4) is 0 Å². The van der Waals surface area contributed by atoms with Crippen molar-refractivity contribution in [2.75, 3.05) is 11.1 Å². The standard InChI is InChI=1S/C13H9Cl2N3O/c14-7-5-10(15)12-11(6-7)18-13(19-12)17-9-3-1-8(16)2-4-9/h1-6H,16H2,(H,17,18). The molecule has 0 aliphatic heterocycles. The van der Waals surface area contributed by atoms with Gasteiger partial charge in [-0.2, -0.15) is 4.98 Å². The van der Waals surface area contributed by atoms with Crippen LogP contribution in [0, 0.1) is 0 Å². The maximum absolute atomic E-state index is 6.04. The molecule has 3 aromatic rings. The van der Waals surface area contributed by atoms with E-state index in [4.69, 9.17) is 33.4 Å². The van der Waals surface area contributed by atoms with Gasteiger partial charge in [0.15, 0.2) is 5.58 Å². The summed E-state index contributed by atoms with van der Waals surface area (Å²) in [7, 11) is 0. The van der Waals surface area contributed by atoms with E-state index in [9.17, 15) is 0 Å². The summed E-state index contributed by atoms with van der Waals surface area (Å²) in [5.74, 6) is 0. The van der Waals surface area contributed by atoms with E-state index in [2.05, 4.69) is 10.3 Å². The van der Waals surface area contributed by atoms with Crippen LogP contribution in [0.5, 0.6) is 0 Å². The van der Waals surface area contributed by atoms with Crippen molar-refractivity contribution in [3.05, 3.63) is 46.4 Å². The number of hydrogen-bond acceptors (Lipinski definition) is 4. The van der Waals surface area contributed by atoms with Gasteiger partial charge in [0.25, 0.3) is 6.01 Å². The van der Waals surface area contributed by atoms with Crippen molar-refractivity contribution in [1.82, 2.24) is 4.98 Å². The monoisotopic (exact) mass is 293 g/mol. The number of oxazole rings is 1. The number of fused-ring (bicyclic) bond motifs is 1. The molecule has 1 heterocycles. The molecule has 0 spiro atoms. The molecule has 0 fully saturated rings. The summed E-state index contributed by atoms with van der Waals surface area (Å²) in [5.41, 5.74) is 8.24. The Balaban J connectivity index is 1.97. The average Bonchev–Trinajstić information content (AvgIpc) is 2.75. The summed E-state index contributed by atoms with van der Waals surface area (Å²) in [6.07, 6.45) is 0. The quantitative estimate of drug-likeness (QED) is 0.685. The molecule has 0 radical (unpaired) electrons. The fourth-order valence-electron chi connectivity index (χ4n) is 1.70. The second-order valence-corrected chi connectivity index (χ2v) is 4.85. The van der Waals surface area contributed by atoms with Gasteiger partial charge in [0.05, 0.1) is 5.02 Å². The van der Waals surface area contributed by atoms with Gasteiger partial charge < -0.3 is 15.5 Å². The summed E-state index contributed by atoms with van der Waals surface area (Å²) in [4.78, 5) is 4.27. The van der Waals surface area contributed by atoms with Crippen LogP contribution in [0.25, 0.3) is 11.1 Å². The first-order chi connectivity index (χ1) is 9.11. The van der Waals surface area contributed by atoms with Gasteiger partial charge in [0, 0.05) is 16.4 Å². The lowest BCUT2D eigenvalue weighted by Crippen LogP contribution is -1.90. The molecule has 2 aromatic carbocycles. The van der Waals surface area contributed by atoms with Crippen LogP contribution in [-0.2, 0) is 0 Å². The third-order valence-corrected chi connectivity index (χ3v) is 3.07. The van der Waals surface area contributed by atoms with Crippen molar-refractivity contribution in [2.45, 2.75) is 0 Å². The number of nitrogens with one attached hydrogen (secondary N) is 1. The van der Waals surface area contributed by atoms with Gasteiger partial charge in [0.1, 0.15) is 5.52 Å². The molecule has 0 amide bonds. The maximum Gasteiger partial charge on any atom is 0.300 e. The van der Waals surface area contributed by atoms with Gasteiger partial charge in [0.2, 0.25) is 0 Å². The normalized spacial score (nSPS) is 10.8. The number of halogens is 2. The number of anilines is 3. The van der Waals surface area contributed by atoms with Gasteiger partial charge >= 0.3 is 0 Å². The molecule has 19 heavy (non-hydrogen) atoms. The molecule has 0 bridgehead atoms. The van der Waals surface area contributed by atoms with Gasteiger partial charge in [-0.05, 0) is 36.4 Å². The Labute approximate surface area is 119 Å². The number of nitrogens with two attached hydrogens (primary N) is 1. The Bertz CT molecular complexity index is 737. The predicted octanol–water partition coefficient (Wildman–Crippen LogP) is 4.46. The summed E-state index contributed by atoms with van der Waals surface area (Å²) >= 11 is 11.9. The third-order valence-electron chi connectivity index (χ3n) is 2.57. The molecule has 0 saturated carbocycles. The molecule has 3 N–H and O–H groups in total. The highest BCUT2D eigenvalue weighted by molar-refractivity contribution is 6.38. The van der Waals surface area contributed by atoms with Crippen molar-refractivity contribution >= 4 is 51.7 Å². The lowest BCUT2D eigenvalue weighted by Gasteiger charge is -2.00. The summed E-state index contributed by atoms with van der Waals surface area (Å²) in [6.45, 7) is 0. The highest BCUT2D eigenvalue weighted by atomic mass is 35.5. The number of aromatic nitrogens is 1. The van der Waals surface area contributed by atoms with E-state index in [1.807, 2.05) is 12.1 Å². The second kappa shape index (κ2) is 4.64. The van der Waals surface area contributed by atoms with E-state index in [0.29, 0.717) is 32.8 Å². The van der Waals surface area contributed by atoms with Crippen molar-refractivity contribution in [1.29, 1.82) is 0 Å². The van der Waals surface area contributed by atoms with Crippen molar-refractivity contribution < 1.29 is 4.42 Å². The molecule has 3 rings (SSSR count). The van der Waals surface area contributed by atoms with E-state index < -0.39 is 0 Å². The molecule has 6 heteroatoms. The minimum atomic E-state index is 0.351. The van der Waals surface area contributed by atoms with Crippen LogP contribution in [-0.4, -0.2) is 4.98 Å². The molecular formula is C13H9Cl2N3O. The number of hydrogen-bond donors (Lipinski definition) is 2. The largest absolute Gasteiger partial charge is 0.422 e. The second-order valence-electron chi connectivity index (χ2n) is 4.00. The highest BCUT2D eigenvalue weighted by Crippen LogP contribution is 2.30. The zero-order valence-corrected chi connectivity index (χ0v) is 11.2. The molecule has 0 saturated heterocycles. The molecule has 0 aliphatic rings. The van der Waals surface area contributed by atoms with E-state index in [0.717, 1.165) is 5.69 Å². The molecule has 0 aliphatic carbocycles. The van der Waals surface area contributed by atoms with E-state index in [1.54, 1.807) is 24.3 Å². The van der Waals surface area contributed by atoms with Crippen molar-refractivity contribution in [3.63, 3.8) is 0 Å². The first-order valence-electron chi connectivity index (χ1n) is 5.50. The third kappa shape index (κ3) is 2.45. The smallest absolute Gasteiger partial charge is 0.300 e. The molecule has 0 atom stereocenters. The van der Waals surface area contributed by atoms with Crippen LogP contribution in [0.2, 0.25) is 10.0 Å². The SMILES string of the molecule is Nc1ccc(Nc2nc3cc(Cl)cc(Cl)c3o2)cc1. The average molecular weight is 294 g/mol. The summed E-state index contributed by atoms with van der Waals surface area (Å²) in [5, 5.41) is 3.98. The molecule has 96 valence electrons. The lowest BCUT2D eigenvalue weighted by atomic mass is 10.3. The van der Waals surface area contributed by atoms with Gasteiger partial charge in [-0.25, -0.2) is 0 Å². The van der Waals surface area contributed by atoms with E-state index >= 15 is 0 Å². The van der Waals surface area contributed by atoms with E-state index in [1.165, 1.54) is 0 Å². The van der Waals surface area contributed by atoms with Crippen LogP contribution in [0.4, 0.5) is 17.4 Å². The van der Waals surface area contributed by atoms with Crippen LogP contribution < -0.4 is 11.1 Å². The fourth-order valence-corrected chi connectivity index (χ4v) is 2.22. The van der Waals surface area contributed by atoms with Crippen LogP contribution in [0.15, 0.2) is 40.8 Å². The molecular weight excluding hydrogens is 285 g/mol. The summed E-state index contributed by atoms with van der Waals surface area (Å²) in [6, 6.07) is 10.9. The Morgan fingerprint density at radius 3 is 2.58 bits per heavy atom. The lowest BCUT2D eigenvalue weighted by molar-refractivity contribution is 0.623. The maximum atomic E-state index is 6.04. The molecule has 0 unspecified atom stereocenters. The van der Waals surface area contributed by atoms with Crippen molar-refractivity contribution in [2.24, 2.45) is 0 Å². The van der Waals surface area contributed by atoms with E-state index in [-0.39, 0.29) is 0 Å². The first kappa shape index (κ1) is 12.1. The Kier molecular flexibility index (Phi) is 2.97. The predicted molar refractivity (Wildman–Crippen MR) is 78.2 cm³/mol. The number of benzene rings is 2. The topological polar surface area (TPSA) is 64.1 Å². The minimum absolute atomic E-state index is 0.351. The number of nitrogens with zero attached hydrogens (tertiary/aromatic N) is 1. The van der Waals surface area contributed by atoms with Gasteiger partial charge in [-0.3, -0.25) is 0 Å². The first-order valence-corrected chi connectivity index (χ1v) is 6.25. The summed E-state index contributed by atoms with van der Waals surface area (Å²) < 4.78 is 5.54. The Hall–Kier alpha value is -1.91. The fraction of sp³-hybridized carbons (Fsp3) is 0. The zero-order chi connectivity index (χ0) is 13.4. The van der Waals surface area contributed by atoms with Crippen molar-refractivity contribution in [3.8, 4) is 0 Å². The minimum Gasteiger partial charge on any atom is -0.422 e. The van der Waals surface area contributed by atoms with Crippen LogP contribution >= 0.6 is 23.2 Å². The Morgan fingerprint density at radius 2 is 1.84 bits per heavy atom. The van der Waals surface area contributed by atoms with Gasteiger partial charge in [-0.1, -0.05) is 23.2 Å². The number of nitrogen functional groups attached to an aromatic ring is 1. The van der Waals surface area contributed by atoms with Crippen LogP contribution in [0.1, 0.15) is 0 Å². The van der Waals surface area contributed by atoms with Gasteiger partial charge in [-0.15, -0.1) is 0 Å². The zero-order valence-electron chi connectivity index (χ0n) is 9.65. The molecule has 4 nitrogen and oxygen atoms in total. The Morgan fingerprint density at radius 1 is 1.11 bits per heavy atom. The number of rotatable bonds is 2. The molecule has 1 aromatic heterocycles. The highest BCUT2D eigenvalue weighted by Gasteiger charge is 2.10.